The average molecular weight is 271 g/mol. The fourth-order valence-electron chi connectivity index (χ4n) is 1.27. The quantitative estimate of drug-likeness (QED) is 0.405. The van der Waals surface area contributed by atoms with Gasteiger partial charge in [0.05, 0.1) is 24.7 Å². The third-order valence-corrected chi connectivity index (χ3v) is 2.16. The smallest absolute Gasteiger partial charge is 0.331 e. The molecule has 0 unspecified atom stereocenters. The molecule has 19 heavy (non-hydrogen) atoms. The number of nitrogens with two attached hydrogens (primary N) is 1. The molecular formula is C11H17N3O5. The van der Waals surface area contributed by atoms with E-state index in [9.17, 15) is 10.1 Å². The van der Waals surface area contributed by atoms with E-state index in [0.717, 1.165) is 0 Å². The first-order valence-electron chi connectivity index (χ1n) is 5.75. The molecule has 106 valence electrons. The summed E-state index contributed by atoms with van der Waals surface area (Å²) < 4.78 is 15.3. The zero-order chi connectivity index (χ0) is 14.1. The number of methoxy groups -OCH3 is 1. The number of ether oxygens (including phenoxy) is 3. The second-order valence-electron chi connectivity index (χ2n) is 3.62. The maximum Gasteiger partial charge on any atom is 0.331 e. The summed E-state index contributed by atoms with van der Waals surface area (Å²) in [6.45, 7) is 1.79. The fourth-order valence-corrected chi connectivity index (χ4v) is 1.27. The second kappa shape index (κ2) is 8.22. The topological polar surface area (TPSA) is 110 Å². The van der Waals surface area contributed by atoms with Crippen molar-refractivity contribution in [3.8, 4) is 5.88 Å². The van der Waals surface area contributed by atoms with E-state index in [1.807, 2.05) is 0 Å². The Balaban J connectivity index is 2.36. The Hall–Kier alpha value is -1.93. The zero-order valence-corrected chi connectivity index (χ0v) is 10.7. The molecule has 0 amide bonds. The SMILES string of the molecule is COCCOCCCOc1nc(N)ccc1[N+](=O)[O-]. The number of rotatable bonds is 9. The highest BCUT2D eigenvalue weighted by atomic mass is 16.6. The summed E-state index contributed by atoms with van der Waals surface area (Å²) in [5.74, 6) is 0.110. The van der Waals surface area contributed by atoms with Gasteiger partial charge in [0.1, 0.15) is 5.82 Å². The summed E-state index contributed by atoms with van der Waals surface area (Å²) in [4.78, 5) is 14.0. The van der Waals surface area contributed by atoms with Gasteiger partial charge in [-0.2, -0.15) is 4.98 Å². The van der Waals surface area contributed by atoms with Crippen molar-refractivity contribution in [3.05, 3.63) is 22.2 Å². The van der Waals surface area contributed by atoms with Crippen LogP contribution in [-0.4, -0.2) is 43.4 Å². The Morgan fingerprint density at radius 1 is 1.32 bits per heavy atom. The number of nitro groups is 1. The lowest BCUT2D eigenvalue weighted by atomic mass is 10.4. The standard InChI is InChI=1S/C11H17N3O5/c1-17-7-8-18-5-2-6-19-11-9(14(15)16)3-4-10(12)13-11/h3-4H,2,5-8H2,1H3,(H2,12,13). The van der Waals surface area contributed by atoms with Crippen LogP contribution in [0.15, 0.2) is 12.1 Å². The molecule has 1 heterocycles. The number of nitrogens with zero attached hydrogens (tertiary/aromatic N) is 2. The molecule has 1 aromatic rings. The molecule has 8 heteroatoms. The van der Waals surface area contributed by atoms with E-state index in [1.165, 1.54) is 12.1 Å². The first-order chi connectivity index (χ1) is 9.15. The van der Waals surface area contributed by atoms with E-state index in [0.29, 0.717) is 26.2 Å². The molecule has 0 bridgehead atoms. The third kappa shape index (κ3) is 5.49. The van der Waals surface area contributed by atoms with Gasteiger partial charge in [0.15, 0.2) is 0 Å². The fraction of sp³-hybridized carbons (Fsp3) is 0.545. The van der Waals surface area contributed by atoms with E-state index in [2.05, 4.69) is 4.98 Å². The molecule has 0 spiro atoms. The number of nitrogen functional groups attached to an aromatic ring is 1. The van der Waals surface area contributed by atoms with Gasteiger partial charge in [0.25, 0.3) is 5.88 Å². The summed E-state index contributed by atoms with van der Waals surface area (Å²) in [5.41, 5.74) is 5.26. The maximum absolute atomic E-state index is 10.7. The number of hydrogen-bond acceptors (Lipinski definition) is 7. The van der Waals surface area contributed by atoms with E-state index >= 15 is 0 Å². The maximum atomic E-state index is 10.7. The van der Waals surface area contributed by atoms with Crippen molar-refractivity contribution in [2.75, 3.05) is 39.3 Å². The lowest BCUT2D eigenvalue weighted by Gasteiger charge is -2.07. The Bertz CT molecular complexity index is 413. The normalized spacial score (nSPS) is 10.4. The molecule has 0 saturated carbocycles. The van der Waals surface area contributed by atoms with Gasteiger partial charge < -0.3 is 19.9 Å². The number of pyridine rings is 1. The lowest BCUT2D eigenvalue weighted by Crippen LogP contribution is -2.08. The second-order valence-corrected chi connectivity index (χ2v) is 3.62. The summed E-state index contributed by atoms with van der Waals surface area (Å²) in [6, 6.07) is 2.63. The van der Waals surface area contributed by atoms with Crippen molar-refractivity contribution in [2.24, 2.45) is 0 Å². The Morgan fingerprint density at radius 2 is 2.11 bits per heavy atom. The highest BCUT2D eigenvalue weighted by Gasteiger charge is 2.16. The molecular weight excluding hydrogens is 254 g/mol. The van der Waals surface area contributed by atoms with Crippen LogP contribution in [0.5, 0.6) is 5.88 Å². The molecule has 8 nitrogen and oxygen atoms in total. The van der Waals surface area contributed by atoms with Crippen LogP contribution in [0.1, 0.15) is 6.42 Å². The van der Waals surface area contributed by atoms with Crippen LogP contribution in [-0.2, 0) is 9.47 Å². The van der Waals surface area contributed by atoms with Crippen molar-refractivity contribution >= 4 is 11.5 Å². The number of aromatic nitrogens is 1. The summed E-state index contributed by atoms with van der Waals surface area (Å²) in [7, 11) is 1.59. The minimum Gasteiger partial charge on any atom is -0.473 e. The van der Waals surface area contributed by atoms with Gasteiger partial charge in [0.2, 0.25) is 0 Å². The predicted molar refractivity (Wildman–Crippen MR) is 68.1 cm³/mol. The van der Waals surface area contributed by atoms with Crippen molar-refractivity contribution in [1.29, 1.82) is 0 Å². The number of anilines is 1. The van der Waals surface area contributed by atoms with E-state index in [1.54, 1.807) is 7.11 Å². The molecule has 0 aliphatic carbocycles. The molecule has 0 saturated heterocycles. The zero-order valence-electron chi connectivity index (χ0n) is 10.7. The summed E-state index contributed by atoms with van der Waals surface area (Å²) in [6.07, 6.45) is 0.595. The summed E-state index contributed by atoms with van der Waals surface area (Å²) in [5, 5.41) is 10.7. The van der Waals surface area contributed by atoms with E-state index in [-0.39, 0.29) is 24.0 Å². The monoisotopic (exact) mass is 271 g/mol. The van der Waals surface area contributed by atoms with Crippen molar-refractivity contribution in [1.82, 2.24) is 4.98 Å². The molecule has 0 aliphatic rings. The molecule has 1 aromatic heterocycles. The molecule has 0 aliphatic heterocycles. The first-order valence-corrected chi connectivity index (χ1v) is 5.75. The number of hydrogen-bond donors (Lipinski definition) is 1. The molecule has 0 atom stereocenters. The first kappa shape index (κ1) is 15.1. The van der Waals surface area contributed by atoms with Gasteiger partial charge in [-0.25, -0.2) is 0 Å². The Kier molecular flexibility index (Phi) is 6.55. The van der Waals surface area contributed by atoms with Crippen LogP contribution in [0, 0.1) is 10.1 Å². The molecule has 0 radical (unpaired) electrons. The Morgan fingerprint density at radius 3 is 2.79 bits per heavy atom. The van der Waals surface area contributed by atoms with Crippen LogP contribution in [0.3, 0.4) is 0 Å². The van der Waals surface area contributed by atoms with Crippen LogP contribution >= 0.6 is 0 Å². The molecule has 0 aromatic carbocycles. The Labute approximate surface area is 110 Å². The van der Waals surface area contributed by atoms with E-state index < -0.39 is 4.92 Å². The highest BCUT2D eigenvalue weighted by Crippen LogP contribution is 2.25. The van der Waals surface area contributed by atoms with Crippen molar-refractivity contribution in [2.45, 2.75) is 6.42 Å². The molecule has 1 rings (SSSR count). The van der Waals surface area contributed by atoms with Crippen LogP contribution in [0.4, 0.5) is 11.5 Å². The molecule has 2 N–H and O–H groups in total. The largest absolute Gasteiger partial charge is 0.473 e. The van der Waals surface area contributed by atoms with Crippen LogP contribution in [0.2, 0.25) is 0 Å². The average Bonchev–Trinajstić information content (AvgIpc) is 2.37. The summed E-state index contributed by atoms with van der Waals surface area (Å²) >= 11 is 0. The van der Waals surface area contributed by atoms with Gasteiger partial charge in [-0.05, 0) is 6.07 Å². The van der Waals surface area contributed by atoms with E-state index in [4.69, 9.17) is 19.9 Å². The van der Waals surface area contributed by atoms with Crippen LogP contribution < -0.4 is 10.5 Å². The van der Waals surface area contributed by atoms with Gasteiger partial charge in [-0.15, -0.1) is 0 Å². The van der Waals surface area contributed by atoms with Crippen molar-refractivity contribution in [3.63, 3.8) is 0 Å². The highest BCUT2D eigenvalue weighted by molar-refractivity contribution is 5.46. The van der Waals surface area contributed by atoms with Gasteiger partial charge >= 0.3 is 5.69 Å². The lowest BCUT2D eigenvalue weighted by molar-refractivity contribution is -0.386. The van der Waals surface area contributed by atoms with Gasteiger partial charge in [-0.3, -0.25) is 10.1 Å². The van der Waals surface area contributed by atoms with Crippen molar-refractivity contribution < 1.29 is 19.1 Å². The van der Waals surface area contributed by atoms with Gasteiger partial charge in [-0.1, -0.05) is 0 Å². The predicted octanol–water partition coefficient (Wildman–Crippen LogP) is 1.00. The third-order valence-electron chi connectivity index (χ3n) is 2.16. The van der Waals surface area contributed by atoms with Crippen LogP contribution in [0.25, 0.3) is 0 Å². The minimum atomic E-state index is -0.559. The minimum absolute atomic E-state index is 0.0677. The molecule has 0 fully saturated rings. The van der Waals surface area contributed by atoms with Gasteiger partial charge in [0, 0.05) is 26.2 Å².